The summed E-state index contributed by atoms with van der Waals surface area (Å²) in [4.78, 5) is 20.9. The van der Waals surface area contributed by atoms with Crippen LogP contribution in [0.1, 0.15) is 12.8 Å². The first-order chi connectivity index (χ1) is 10.3. The van der Waals surface area contributed by atoms with Crippen LogP contribution in [-0.2, 0) is 0 Å². The number of methoxy groups -OCH3 is 1. The summed E-state index contributed by atoms with van der Waals surface area (Å²) in [5.74, 6) is 1.18. The number of nitrogens with one attached hydrogen (secondary N) is 1. The zero-order chi connectivity index (χ0) is 14.7. The van der Waals surface area contributed by atoms with Crippen molar-refractivity contribution in [3.8, 4) is 11.5 Å². The third-order valence-corrected chi connectivity index (χ3v) is 3.79. The van der Waals surface area contributed by atoms with Crippen molar-refractivity contribution in [2.45, 2.75) is 12.8 Å². The fourth-order valence-electron chi connectivity index (χ4n) is 2.64. The molecule has 2 aromatic rings. The number of aromatic amines is 1. The van der Waals surface area contributed by atoms with Crippen LogP contribution in [0.4, 0.5) is 0 Å². The summed E-state index contributed by atoms with van der Waals surface area (Å²) >= 11 is 0. The molecule has 2 heterocycles. The first-order valence-corrected chi connectivity index (χ1v) is 7.18. The van der Waals surface area contributed by atoms with Gasteiger partial charge in [-0.15, -0.1) is 0 Å². The van der Waals surface area contributed by atoms with Gasteiger partial charge in [0, 0.05) is 12.6 Å². The highest BCUT2D eigenvalue weighted by Crippen LogP contribution is 2.30. The average molecular weight is 289 g/mol. The average Bonchev–Trinajstić information content (AvgIpc) is 3.00. The van der Waals surface area contributed by atoms with Gasteiger partial charge in [0.25, 0.3) is 5.56 Å². The Balaban J connectivity index is 1.79. The zero-order valence-corrected chi connectivity index (χ0v) is 12.1. The maximum atomic E-state index is 11.8. The second-order valence-electron chi connectivity index (χ2n) is 5.15. The molecule has 21 heavy (non-hydrogen) atoms. The molecule has 1 aliphatic rings. The van der Waals surface area contributed by atoms with E-state index in [-0.39, 0.29) is 5.56 Å². The molecule has 0 spiro atoms. The standard InChI is InChI=1S/C15H19N3O3/c1-20-13-9-12-11(15(19)17-10-16-12)8-14(13)21-7-6-18-4-2-3-5-18/h8-10H,2-7H2,1H3,(H,16,17,19). The summed E-state index contributed by atoms with van der Waals surface area (Å²) < 4.78 is 11.1. The smallest absolute Gasteiger partial charge is 0.258 e. The molecule has 1 fully saturated rings. The number of hydrogen-bond acceptors (Lipinski definition) is 5. The molecule has 1 N–H and O–H groups in total. The molecule has 0 saturated carbocycles. The first kappa shape index (κ1) is 13.9. The van der Waals surface area contributed by atoms with Crippen LogP contribution < -0.4 is 15.0 Å². The summed E-state index contributed by atoms with van der Waals surface area (Å²) in [6.07, 6.45) is 3.92. The monoisotopic (exact) mass is 289 g/mol. The topological polar surface area (TPSA) is 67.4 Å². The van der Waals surface area contributed by atoms with Crippen molar-refractivity contribution >= 4 is 10.9 Å². The van der Waals surface area contributed by atoms with Gasteiger partial charge < -0.3 is 14.5 Å². The molecule has 1 aromatic carbocycles. The lowest BCUT2D eigenvalue weighted by molar-refractivity contribution is 0.230. The van der Waals surface area contributed by atoms with E-state index in [0.717, 1.165) is 19.6 Å². The molecule has 1 aromatic heterocycles. The van der Waals surface area contributed by atoms with Crippen molar-refractivity contribution in [3.63, 3.8) is 0 Å². The maximum absolute atomic E-state index is 11.8. The number of fused-ring (bicyclic) bond motifs is 1. The molecule has 112 valence electrons. The molecule has 0 bridgehead atoms. The van der Waals surface area contributed by atoms with Crippen LogP contribution in [0.5, 0.6) is 11.5 Å². The van der Waals surface area contributed by atoms with Crippen LogP contribution in [0.3, 0.4) is 0 Å². The Hall–Kier alpha value is -2.08. The molecule has 0 unspecified atom stereocenters. The van der Waals surface area contributed by atoms with Gasteiger partial charge in [-0.1, -0.05) is 0 Å². The maximum Gasteiger partial charge on any atom is 0.258 e. The summed E-state index contributed by atoms with van der Waals surface area (Å²) in [7, 11) is 1.58. The molecule has 0 radical (unpaired) electrons. The van der Waals surface area contributed by atoms with Gasteiger partial charge in [-0.05, 0) is 32.0 Å². The normalized spacial score (nSPS) is 15.5. The quantitative estimate of drug-likeness (QED) is 0.901. The largest absolute Gasteiger partial charge is 0.493 e. The highest BCUT2D eigenvalue weighted by atomic mass is 16.5. The van der Waals surface area contributed by atoms with Crippen molar-refractivity contribution in [3.05, 3.63) is 28.8 Å². The van der Waals surface area contributed by atoms with E-state index in [9.17, 15) is 4.79 Å². The number of hydrogen-bond donors (Lipinski definition) is 1. The highest BCUT2D eigenvalue weighted by Gasteiger charge is 2.13. The molecule has 0 amide bonds. The molecule has 6 nitrogen and oxygen atoms in total. The van der Waals surface area contributed by atoms with Crippen molar-refractivity contribution in [1.29, 1.82) is 0 Å². The molecule has 3 rings (SSSR count). The number of likely N-dealkylation sites (tertiary alicyclic amines) is 1. The van der Waals surface area contributed by atoms with Gasteiger partial charge >= 0.3 is 0 Å². The Labute approximate surface area is 122 Å². The van der Waals surface area contributed by atoms with Gasteiger partial charge in [0.2, 0.25) is 0 Å². The number of ether oxygens (including phenoxy) is 2. The molecule has 1 aliphatic heterocycles. The van der Waals surface area contributed by atoms with E-state index in [0.29, 0.717) is 29.0 Å². The SMILES string of the molecule is COc1cc2nc[nH]c(=O)c2cc1OCCN1CCCC1. The van der Waals surface area contributed by atoms with Crippen LogP contribution in [0.25, 0.3) is 10.9 Å². The van der Waals surface area contributed by atoms with Gasteiger partial charge in [-0.3, -0.25) is 9.69 Å². The fraction of sp³-hybridized carbons (Fsp3) is 0.467. The Morgan fingerprint density at radius 3 is 2.86 bits per heavy atom. The third kappa shape index (κ3) is 3.00. The number of nitrogens with zero attached hydrogens (tertiary/aromatic N) is 2. The summed E-state index contributed by atoms with van der Waals surface area (Å²) in [6.45, 7) is 3.76. The van der Waals surface area contributed by atoms with Gasteiger partial charge in [-0.25, -0.2) is 4.98 Å². The fourth-order valence-corrected chi connectivity index (χ4v) is 2.64. The summed E-state index contributed by atoms with van der Waals surface area (Å²) in [6, 6.07) is 3.43. The Bertz CT molecular complexity index is 677. The van der Waals surface area contributed by atoms with Crippen molar-refractivity contribution in [2.24, 2.45) is 0 Å². The molecule has 1 saturated heterocycles. The van der Waals surface area contributed by atoms with Gasteiger partial charge in [0.05, 0.1) is 24.3 Å². The van der Waals surface area contributed by atoms with E-state index in [1.807, 2.05) is 0 Å². The van der Waals surface area contributed by atoms with E-state index in [2.05, 4.69) is 14.9 Å². The van der Waals surface area contributed by atoms with Crippen molar-refractivity contribution in [1.82, 2.24) is 14.9 Å². The van der Waals surface area contributed by atoms with Gasteiger partial charge in [0.1, 0.15) is 6.61 Å². The van der Waals surface area contributed by atoms with E-state index >= 15 is 0 Å². The van der Waals surface area contributed by atoms with E-state index in [4.69, 9.17) is 9.47 Å². The van der Waals surface area contributed by atoms with Gasteiger partial charge in [-0.2, -0.15) is 0 Å². The molecule has 0 aliphatic carbocycles. The minimum absolute atomic E-state index is 0.174. The predicted octanol–water partition coefficient (Wildman–Crippen LogP) is 1.41. The Kier molecular flexibility index (Phi) is 4.06. The van der Waals surface area contributed by atoms with Crippen molar-refractivity contribution in [2.75, 3.05) is 33.4 Å². The Morgan fingerprint density at radius 2 is 2.10 bits per heavy atom. The van der Waals surface area contributed by atoms with Crippen molar-refractivity contribution < 1.29 is 9.47 Å². The number of rotatable bonds is 5. The molecule has 6 heteroatoms. The lowest BCUT2D eigenvalue weighted by atomic mass is 10.2. The number of aromatic nitrogens is 2. The lowest BCUT2D eigenvalue weighted by Gasteiger charge is -2.16. The van der Waals surface area contributed by atoms with Crippen LogP contribution in [0.2, 0.25) is 0 Å². The molecule has 0 atom stereocenters. The van der Waals surface area contributed by atoms with E-state index < -0.39 is 0 Å². The summed E-state index contributed by atoms with van der Waals surface area (Å²) in [5.41, 5.74) is 0.425. The number of benzene rings is 1. The predicted molar refractivity (Wildman–Crippen MR) is 80.1 cm³/mol. The zero-order valence-electron chi connectivity index (χ0n) is 12.1. The second-order valence-corrected chi connectivity index (χ2v) is 5.15. The lowest BCUT2D eigenvalue weighted by Crippen LogP contribution is -2.25. The minimum Gasteiger partial charge on any atom is -0.493 e. The van der Waals surface area contributed by atoms with Crippen LogP contribution in [0.15, 0.2) is 23.3 Å². The summed E-state index contributed by atoms with van der Waals surface area (Å²) in [5, 5.41) is 0.509. The Morgan fingerprint density at radius 1 is 1.29 bits per heavy atom. The van der Waals surface area contributed by atoms with Crippen LogP contribution in [-0.4, -0.2) is 48.2 Å². The molecular weight excluding hydrogens is 270 g/mol. The highest BCUT2D eigenvalue weighted by molar-refractivity contribution is 5.81. The van der Waals surface area contributed by atoms with Gasteiger partial charge in [0.15, 0.2) is 11.5 Å². The minimum atomic E-state index is -0.174. The van der Waals surface area contributed by atoms with Crippen LogP contribution in [0, 0.1) is 0 Å². The number of H-pyrrole nitrogens is 1. The van der Waals surface area contributed by atoms with E-state index in [1.165, 1.54) is 19.2 Å². The van der Waals surface area contributed by atoms with E-state index in [1.54, 1.807) is 19.2 Å². The second kappa shape index (κ2) is 6.13. The first-order valence-electron chi connectivity index (χ1n) is 7.18. The molecular formula is C15H19N3O3. The third-order valence-electron chi connectivity index (χ3n) is 3.79. The van der Waals surface area contributed by atoms with Crippen LogP contribution >= 0.6 is 0 Å².